The first kappa shape index (κ1) is 14.5. The van der Waals surface area contributed by atoms with E-state index in [9.17, 15) is 12.8 Å². The molecule has 0 saturated heterocycles. The Hall–Kier alpha value is -2.39. The smallest absolute Gasteiger partial charge is 0.260 e. The summed E-state index contributed by atoms with van der Waals surface area (Å²) in [6.07, 6.45) is 1.99. The maximum absolute atomic E-state index is 13.1. The van der Waals surface area contributed by atoms with Gasteiger partial charge in [0.15, 0.2) is 5.82 Å². The van der Waals surface area contributed by atoms with Gasteiger partial charge in [0.2, 0.25) is 5.13 Å². The Morgan fingerprint density at radius 2 is 1.91 bits per heavy atom. The highest BCUT2D eigenvalue weighted by atomic mass is 32.2. The van der Waals surface area contributed by atoms with Crippen LogP contribution in [0.3, 0.4) is 0 Å². The molecule has 1 aromatic carbocycles. The van der Waals surface area contributed by atoms with E-state index in [1.165, 1.54) is 0 Å². The number of nitrogens with zero attached hydrogens (tertiary/aromatic N) is 3. The molecule has 3 aromatic rings. The fraction of sp³-hybridized carbons (Fsp3) is 0. The molecule has 1 N–H and O–H groups in total. The first-order valence-electron chi connectivity index (χ1n) is 6.07. The van der Waals surface area contributed by atoms with Gasteiger partial charge in [-0.1, -0.05) is 30.3 Å². The second kappa shape index (κ2) is 5.78. The zero-order valence-electron chi connectivity index (χ0n) is 11.0. The first-order valence-corrected chi connectivity index (χ1v) is 8.33. The minimum Gasteiger partial charge on any atom is -0.260 e. The van der Waals surface area contributed by atoms with Crippen LogP contribution < -0.4 is 4.72 Å². The van der Waals surface area contributed by atoms with Crippen molar-refractivity contribution in [2.75, 3.05) is 4.72 Å². The van der Waals surface area contributed by atoms with Gasteiger partial charge in [0.1, 0.15) is 10.7 Å². The molecule has 0 amide bonds. The number of nitrogens with one attached hydrogen (secondary N) is 1. The predicted octanol–water partition coefficient (Wildman–Crippen LogP) is 2.54. The fourth-order valence-corrected chi connectivity index (χ4v) is 3.47. The fourth-order valence-electron chi connectivity index (χ4n) is 1.68. The number of pyridine rings is 1. The van der Waals surface area contributed by atoms with Gasteiger partial charge in [0, 0.05) is 23.3 Å². The molecule has 0 radical (unpaired) electrons. The van der Waals surface area contributed by atoms with Crippen LogP contribution in [0, 0.1) is 5.82 Å². The lowest BCUT2D eigenvalue weighted by atomic mass is 10.2. The quantitative estimate of drug-likeness (QED) is 0.791. The van der Waals surface area contributed by atoms with Crippen molar-refractivity contribution in [2.24, 2.45) is 0 Å². The van der Waals surface area contributed by atoms with Crippen molar-refractivity contribution in [2.45, 2.75) is 4.90 Å². The average Bonchev–Trinajstić information content (AvgIpc) is 2.96. The lowest BCUT2D eigenvalue weighted by molar-refractivity contribution is 0.592. The largest absolute Gasteiger partial charge is 0.265 e. The van der Waals surface area contributed by atoms with E-state index in [2.05, 4.69) is 19.1 Å². The Morgan fingerprint density at radius 1 is 1.14 bits per heavy atom. The first-order chi connectivity index (χ1) is 10.5. The van der Waals surface area contributed by atoms with Crippen LogP contribution in [-0.2, 0) is 10.0 Å². The third-order valence-corrected chi connectivity index (χ3v) is 4.74. The molecule has 6 nitrogen and oxygen atoms in total. The zero-order valence-corrected chi connectivity index (χ0v) is 12.6. The molecular weight excluding hydrogens is 327 g/mol. The number of hydrogen-bond donors (Lipinski definition) is 1. The molecule has 2 heterocycles. The van der Waals surface area contributed by atoms with Crippen molar-refractivity contribution < 1.29 is 12.8 Å². The average molecular weight is 336 g/mol. The van der Waals surface area contributed by atoms with Crippen LogP contribution in [-0.4, -0.2) is 22.8 Å². The lowest BCUT2D eigenvalue weighted by Gasteiger charge is -2.03. The van der Waals surface area contributed by atoms with E-state index in [1.54, 1.807) is 0 Å². The topological polar surface area (TPSA) is 84.8 Å². The van der Waals surface area contributed by atoms with E-state index in [1.807, 2.05) is 30.3 Å². The highest BCUT2D eigenvalue weighted by molar-refractivity contribution is 7.93. The molecule has 112 valence electrons. The van der Waals surface area contributed by atoms with Crippen LogP contribution in [0.2, 0.25) is 0 Å². The molecule has 0 atom stereocenters. The molecule has 0 spiro atoms. The second-order valence-electron chi connectivity index (χ2n) is 4.23. The molecule has 22 heavy (non-hydrogen) atoms. The van der Waals surface area contributed by atoms with Gasteiger partial charge < -0.3 is 0 Å². The molecule has 2 aromatic heterocycles. The van der Waals surface area contributed by atoms with Crippen LogP contribution >= 0.6 is 11.5 Å². The number of sulfonamides is 1. The van der Waals surface area contributed by atoms with E-state index in [-0.39, 0.29) is 10.0 Å². The van der Waals surface area contributed by atoms with E-state index in [4.69, 9.17) is 0 Å². The minimum absolute atomic E-state index is 0.100. The number of aromatic nitrogens is 3. The van der Waals surface area contributed by atoms with Crippen LogP contribution in [0.4, 0.5) is 9.52 Å². The summed E-state index contributed by atoms with van der Waals surface area (Å²) in [7, 11) is -3.95. The molecular formula is C13H9FN4O2S2. The number of hydrogen-bond acceptors (Lipinski definition) is 6. The van der Waals surface area contributed by atoms with Gasteiger partial charge in [-0.15, -0.1) is 0 Å². The molecule has 9 heteroatoms. The molecule has 0 aliphatic rings. The Labute approximate surface area is 129 Å². The third kappa shape index (κ3) is 3.10. The summed E-state index contributed by atoms with van der Waals surface area (Å²) in [4.78, 5) is 7.36. The number of rotatable bonds is 4. The summed E-state index contributed by atoms with van der Waals surface area (Å²) in [6, 6.07) is 10.0. The Balaban J connectivity index is 1.86. The van der Waals surface area contributed by atoms with Crippen molar-refractivity contribution in [1.82, 2.24) is 14.3 Å². The maximum Gasteiger partial charge on any atom is 0.265 e. The lowest BCUT2D eigenvalue weighted by Crippen LogP contribution is -2.13. The standard InChI is InChI=1S/C13H9FN4O2S2/c14-10-6-11(8-15-7-10)22(19,20)18-13-16-12(17-21-13)9-4-2-1-3-5-9/h1-8H,(H,16,17,18). The third-order valence-electron chi connectivity index (χ3n) is 2.67. The number of benzene rings is 1. The number of halogens is 1. The van der Waals surface area contributed by atoms with E-state index >= 15 is 0 Å². The van der Waals surface area contributed by atoms with Crippen molar-refractivity contribution >= 4 is 26.7 Å². The maximum atomic E-state index is 13.1. The van der Waals surface area contributed by atoms with Gasteiger partial charge in [-0.2, -0.15) is 9.36 Å². The van der Waals surface area contributed by atoms with Gasteiger partial charge >= 0.3 is 0 Å². The Morgan fingerprint density at radius 3 is 2.64 bits per heavy atom. The summed E-state index contributed by atoms with van der Waals surface area (Å²) >= 11 is 0.905. The van der Waals surface area contributed by atoms with Crippen LogP contribution in [0.15, 0.2) is 53.7 Å². The second-order valence-corrected chi connectivity index (χ2v) is 6.67. The van der Waals surface area contributed by atoms with Gasteiger partial charge in [0.05, 0.1) is 6.20 Å². The van der Waals surface area contributed by atoms with Crippen molar-refractivity contribution in [3.63, 3.8) is 0 Å². The Kier molecular flexibility index (Phi) is 3.82. The Bertz CT molecular complexity index is 897. The van der Waals surface area contributed by atoms with Crippen LogP contribution in [0.25, 0.3) is 11.4 Å². The summed E-state index contributed by atoms with van der Waals surface area (Å²) in [6.45, 7) is 0. The normalized spacial score (nSPS) is 11.3. The van der Waals surface area contributed by atoms with Crippen molar-refractivity contribution in [3.05, 3.63) is 54.6 Å². The van der Waals surface area contributed by atoms with E-state index < -0.39 is 15.8 Å². The monoisotopic (exact) mass is 336 g/mol. The summed E-state index contributed by atoms with van der Waals surface area (Å²) in [5.74, 6) is -0.314. The molecule has 0 saturated carbocycles. The predicted molar refractivity (Wildman–Crippen MR) is 80.3 cm³/mol. The van der Waals surface area contributed by atoms with Gasteiger partial charge in [-0.3, -0.25) is 9.71 Å². The van der Waals surface area contributed by atoms with E-state index in [0.717, 1.165) is 35.6 Å². The zero-order chi connectivity index (χ0) is 15.6. The number of anilines is 1. The SMILES string of the molecule is O=S(=O)(Nc1nc(-c2ccccc2)ns1)c1cncc(F)c1. The van der Waals surface area contributed by atoms with Crippen LogP contribution in [0.5, 0.6) is 0 Å². The summed E-state index contributed by atoms with van der Waals surface area (Å²) in [5, 5.41) is 0.100. The minimum atomic E-state index is -3.95. The molecule has 0 unspecified atom stereocenters. The van der Waals surface area contributed by atoms with E-state index in [0.29, 0.717) is 5.82 Å². The van der Waals surface area contributed by atoms with Crippen molar-refractivity contribution in [1.29, 1.82) is 0 Å². The highest BCUT2D eigenvalue weighted by Gasteiger charge is 2.18. The van der Waals surface area contributed by atoms with Gasteiger partial charge in [-0.25, -0.2) is 12.8 Å². The highest BCUT2D eigenvalue weighted by Crippen LogP contribution is 2.23. The van der Waals surface area contributed by atoms with Gasteiger partial charge in [-0.05, 0) is 6.07 Å². The molecule has 0 aliphatic carbocycles. The summed E-state index contributed by atoms with van der Waals surface area (Å²) in [5.41, 5.74) is 0.775. The molecule has 0 bridgehead atoms. The molecule has 0 aliphatic heterocycles. The molecule has 0 fully saturated rings. The molecule has 3 rings (SSSR count). The van der Waals surface area contributed by atoms with Crippen LogP contribution in [0.1, 0.15) is 0 Å². The van der Waals surface area contributed by atoms with Gasteiger partial charge in [0.25, 0.3) is 10.0 Å². The summed E-state index contributed by atoms with van der Waals surface area (Å²) < 4.78 is 43.7. The van der Waals surface area contributed by atoms with Crippen molar-refractivity contribution in [3.8, 4) is 11.4 Å².